The van der Waals surface area contributed by atoms with Crippen LogP contribution in [0.3, 0.4) is 0 Å². The van der Waals surface area contributed by atoms with E-state index in [2.05, 4.69) is 15.6 Å². The number of ketones is 1. The van der Waals surface area contributed by atoms with E-state index in [9.17, 15) is 27.1 Å². The van der Waals surface area contributed by atoms with E-state index in [-0.39, 0.29) is 41.1 Å². The Morgan fingerprint density at radius 3 is 2.53 bits per heavy atom. The van der Waals surface area contributed by atoms with Crippen LogP contribution in [0.5, 0.6) is 0 Å². The van der Waals surface area contributed by atoms with Crippen molar-refractivity contribution >= 4 is 38.1 Å². The number of halogens is 2. The second-order valence-electron chi connectivity index (χ2n) is 9.93. The first-order chi connectivity index (χ1) is 18.2. The van der Waals surface area contributed by atoms with Gasteiger partial charge in [-0.05, 0) is 56.7 Å². The Bertz CT molecular complexity index is 1200. The van der Waals surface area contributed by atoms with Crippen LogP contribution < -0.4 is 16.4 Å². The molecule has 2 aliphatic rings. The molecule has 38 heavy (non-hydrogen) atoms. The molecule has 1 aliphatic heterocycles. The van der Waals surface area contributed by atoms with Gasteiger partial charge < -0.3 is 21.5 Å². The molecule has 210 valence electrons. The Kier molecular flexibility index (Phi) is 9.69. The number of benzene rings is 1. The zero-order chi connectivity index (χ0) is 27.3. The molecule has 13 heteroatoms. The molecule has 9 nitrogen and oxygen atoms in total. The quantitative estimate of drug-likeness (QED) is 0.239. The molecule has 1 aromatic heterocycles. The summed E-state index contributed by atoms with van der Waals surface area (Å²) in [5.41, 5.74) is 5.20. The zero-order valence-corrected chi connectivity index (χ0v) is 22.8. The van der Waals surface area contributed by atoms with Gasteiger partial charge in [-0.25, -0.2) is 26.5 Å². The van der Waals surface area contributed by atoms with Gasteiger partial charge in [-0.1, -0.05) is 30.2 Å². The molecule has 2 atom stereocenters. The van der Waals surface area contributed by atoms with Crippen LogP contribution in [0.4, 0.5) is 19.7 Å². The number of carbonyl (C=O) groups excluding carboxylic acids is 1. The van der Waals surface area contributed by atoms with Crippen LogP contribution in [-0.2, 0) is 10.0 Å². The van der Waals surface area contributed by atoms with Crippen molar-refractivity contribution in [1.82, 2.24) is 14.6 Å². The topological polar surface area (TPSA) is 138 Å². The van der Waals surface area contributed by atoms with E-state index in [1.807, 2.05) is 0 Å². The Morgan fingerprint density at radius 1 is 1.16 bits per heavy atom. The summed E-state index contributed by atoms with van der Waals surface area (Å²) in [6, 6.07) is 3.37. The molecule has 1 saturated heterocycles. The van der Waals surface area contributed by atoms with E-state index in [0.717, 1.165) is 49.2 Å². The van der Waals surface area contributed by atoms with Gasteiger partial charge in [0.1, 0.15) is 22.3 Å². The number of rotatable bonds is 11. The van der Waals surface area contributed by atoms with Gasteiger partial charge in [0.25, 0.3) is 0 Å². The Morgan fingerprint density at radius 2 is 1.84 bits per heavy atom. The minimum atomic E-state index is -3.39. The fourth-order valence-electron chi connectivity index (χ4n) is 5.20. The van der Waals surface area contributed by atoms with Crippen molar-refractivity contribution in [1.29, 1.82) is 0 Å². The SMILES string of the molecule is Nc1nc(NC2CCN(S(=O)(=O)CCCN[C@@H]3CCCC[C@@H]3CO)CC2)sc1C(=O)c1c(F)cccc1F. The van der Waals surface area contributed by atoms with Gasteiger partial charge in [0.2, 0.25) is 15.8 Å². The minimum absolute atomic E-state index is 0.0522. The standard InChI is InChI=1S/C25H35F2N5O4S2/c26-18-6-3-7-19(27)21(18)22(34)23-24(28)31-25(37-23)30-17-9-12-32(13-10-17)38(35,36)14-4-11-29-20-8-2-1-5-16(20)15-33/h3,6-7,16-17,20,29,33H,1-2,4-5,8-15,28H2,(H,30,31)/t16-,20-/m1/s1. The molecule has 5 N–H and O–H groups in total. The number of nitrogens with zero attached hydrogens (tertiary/aromatic N) is 2. The van der Waals surface area contributed by atoms with Gasteiger partial charge >= 0.3 is 0 Å². The first-order valence-corrected chi connectivity index (χ1v) is 15.5. The number of thiazole rings is 1. The maximum absolute atomic E-state index is 14.0. The summed E-state index contributed by atoms with van der Waals surface area (Å²) < 4.78 is 55.3. The molecule has 1 aromatic carbocycles. The van der Waals surface area contributed by atoms with E-state index in [1.54, 1.807) is 0 Å². The van der Waals surface area contributed by atoms with Gasteiger partial charge in [0.15, 0.2) is 5.13 Å². The molecule has 1 saturated carbocycles. The summed E-state index contributed by atoms with van der Waals surface area (Å²) in [4.78, 5) is 16.8. The third-order valence-electron chi connectivity index (χ3n) is 7.35. The molecule has 0 bridgehead atoms. The third-order valence-corrected chi connectivity index (χ3v) is 10.3. The van der Waals surface area contributed by atoms with E-state index >= 15 is 0 Å². The van der Waals surface area contributed by atoms with Crippen molar-refractivity contribution in [2.24, 2.45) is 5.92 Å². The first kappa shape index (κ1) is 28.8. The Labute approximate surface area is 225 Å². The summed E-state index contributed by atoms with van der Waals surface area (Å²) in [6.45, 7) is 1.47. The highest BCUT2D eigenvalue weighted by Crippen LogP contribution is 2.31. The van der Waals surface area contributed by atoms with Gasteiger partial charge in [-0.3, -0.25) is 4.79 Å². The molecule has 2 aromatic rings. The lowest BCUT2D eigenvalue weighted by atomic mass is 9.85. The van der Waals surface area contributed by atoms with Gasteiger partial charge in [0.05, 0.1) is 11.3 Å². The Balaban J connectivity index is 1.25. The molecular formula is C25H35F2N5O4S2. The van der Waals surface area contributed by atoms with Crippen molar-refractivity contribution in [2.45, 2.75) is 57.0 Å². The summed E-state index contributed by atoms with van der Waals surface area (Å²) in [5.74, 6) is -2.60. The third kappa shape index (κ3) is 6.87. The smallest absolute Gasteiger partial charge is 0.214 e. The summed E-state index contributed by atoms with van der Waals surface area (Å²) >= 11 is 0.922. The van der Waals surface area contributed by atoms with E-state index in [1.165, 1.54) is 10.4 Å². The van der Waals surface area contributed by atoms with Crippen LogP contribution in [0.25, 0.3) is 0 Å². The maximum Gasteiger partial charge on any atom is 0.214 e. The second kappa shape index (κ2) is 12.8. The summed E-state index contributed by atoms with van der Waals surface area (Å²) in [7, 11) is -3.39. The molecule has 0 amide bonds. The van der Waals surface area contributed by atoms with Crippen molar-refractivity contribution in [3.63, 3.8) is 0 Å². The number of aliphatic hydroxyl groups excluding tert-OH is 1. The first-order valence-electron chi connectivity index (χ1n) is 13.0. The van der Waals surface area contributed by atoms with Crippen LogP contribution in [0.15, 0.2) is 18.2 Å². The summed E-state index contributed by atoms with van der Waals surface area (Å²) in [6.07, 6.45) is 5.87. The predicted octanol–water partition coefficient (Wildman–Crippen LogP) is 2.97. The molecule has 0 unspecified atom stereocenters. The van der Waals surface area contributed by atoms with Crippen molar-refractivity contribution in [2.75, 3.05) is 43.0 Å². The van der Waals surface area contributed by atoms with Crippen LogP contribution in [0, 0.1) is 17.6 Å². The van der Waals surface area contributed by atoms with Crippen molar-refractivity contribution in [3.05, 3.63) is 40.3 Å². The van der Waals surface area contributed by atoms with Crippen LogP contribution >= 0.6 is 11.3 Å². The molecule has 2 fully saturated rings. The van der Waals surface area contributed by atoms with Crippen LogP contribution in [-0.4, -0.2) is 72.7 Å². The number of hydrogen-bond donors (Lipinski definition) is 4. The normalized spacial score (nSPS) is 21.4. The van der Waals surface area contributed by atoms with E-state index in [0.29, 0.717) is 44.0 Å². The average molecular weight is 572 g/mol. The number of nitrogen functional groups attached to an aromatic ring is 1. The lowest BCUT2D eigenvalue weighted by molar-refractivity contribution is 0.103. The number of aromatic nitrogens is 1. The number of sulfonamides is 1. The van der Waals surface area contributed by atoms with Gasteiger partial charge in [-0.15, -0.1) is 0 Å². The van der Waals surface area contributed by atoms with Crippen molar-refractivity contribution in [3.8, 4) is 0 Å². The molecule has 0 spiro atoms. The Hall–Kier alpha value is -2.19. The largest absolute Gasteiger partial charge is 0.396 e. The lowest BCUT2D eigenvalue weighted by Gasteiger charge is -2.32. The van der Waals surface area contributed by atoms with Crippen LogP contribution in [0.2, 0.25) is 0 Å². The minimum Gasteiger partial charge on any atom is -0.396 e. The van der Waals surface area contributed by atoms with Crippen molar-refractivity contribution < 1.29 is 27.1 Å². The molecule has 4 rings (SSSR count). The molecule has 1 aliphatic carbocycles. The number of carbonyl (C=O) groups is 1. The highest BCUT2D eigenvalue weighted by atomic mass is 32.2. The predicted molar refractivity (Wildman–Crippen MR) is 144 cm³/mol. The molecular weight excluding hydrogens is 536 g/mol. The fourth-order valence-corrected chi connectivity index (χ4v) is 7.65. The number of anilines is 2. The number of nitrogens with two attached hydrogens (primary N) is 1. The number of aliphatic hydroxyl groups is 1. The van der Waals surface area contributed by atoms with Gasteiger partial charge in [0, 0.05) is 31.8 Å². The zero-order valence-electron chi connectivity index (χ0n) is 21.2. The highest BCUT2D eigenvalue weighted by molar-refractivity contribution is 7.89. The molecule has 0 radical (unpaired) electrons. The van der Waals surface area contributed by atoms with E-state index in [4.69, 9.17) is 5.73 Å². The van der Waals surface area contributed by atoms with Gasteiger partial charge in [-0.2, -0.15) is 0 Å². The monoisotopic (exact) mass is 571 g/mol. The number of nitrogens with one attached hydrogen (secondary N) is 2. The average Bonchev–Trinajstić information content (AvgIpc) is 3.26. The second-order valence-corrected chi connectivity index (χ2v) is 13.0. The summed E-state index contributed by atoms with van der Waals surface area (Å²) in [5, 5.41) is 16.5. The molecule has 2 heterocycles. The lowest BCUT2D eigenvalue weighted by Crippen LogP contribution is -2.44. The van der Waals surface area contributed by atoms with E-state index < -0.39 is 33.0 Å². The van der Waals surface area contributed by atoms with Crippen LogP contribution in [0.1, 0.15) is 60.2 Å². The highest BCUT2D eigenvalue weighted by Gasteiger charge is 2.30. The number of hydrogen-bond acceptors (Lipinski definition) is 9. The number of piperidine rings is 1. The maximum atomic E-state index is 14.0. The fraction of sp³-hybridized carbons (Fsp3) is 0.600.